The summed E-state index contributed by atoms with van der Waals surface area (Å²) in [5.41, 5.74) is -0.0301. The van der Waals surface area contributed by atoms with Gasteiger partial charge in [0.1, 0.15) is 11.1 Å². The number of hydrogen-bond acceptors (Lipinski definition) is 6. The van der Waals surface area contributed by atoms with E-state index < -0.39 is 32.8 Å². The van der Waals surface area contributed by atoms with E-state index in [1.54, 1.807) is 6.92 Å². The second kappa shape index (κ2) is 8.36. The number of carbonyl (C=O) groups excluding carboxylic acids is 1. The van der Waals surface area contributed by atoms with Crippen molar-refractivity contribution in [3.63, 3.8) is 0 Å². The van der Waals surface area contributed by atoms with Gasteiger partial charge in [-0.1, -0.05) is 11.6 Å². The van der Waals surface area contributed by atoms with Crippen molar-refractivity contribution in [3.8, 4) is 0 Å². The van der Waals surface area contributed by atoms with E-state index in [1.807, 2.05) is 0 Å². The predicted molar refractivity (Wildman–Crippen MR) is 101 cm³/mol. The first-order valence-corrected chi connectivity index (χ1v) is 10.8. The number of anilines is 1. The Morgan fingerprint density at radius 3 is 2.75 bits per heavy atom. The third kappa shape index (κ3) is 4.48. The number of rotatable bonds is 5. The predicted octanol–water partition coefficient (Wildman–Crippen LogP) is 3.01. The largest absolute Gasteiger partial charge is 0.463 e. The molecule has 0 bridgehead atoms. The molecule has 1 aromatic rings. The van der Waals surface area contributed by atoms with Crippen molar-refractivity contribution < 1.29 is 31.8 Å². The molecular formula is C18H21ClFNO6S. The third-order valence-electron chi connectivity index (χ3n) is 4.53. The number of hydrogen-bond donors (Lipinski definition) is 1. The number of carbonyl (C=O) groups is 1. The highest BCUT2D eigenvalue weighted by atomic mass is 35.5. The first-order chi connectivity index (χ1) is 13.3. The van der Waals surface area contributed by atoms with E-state index >= 15 is 0 Å². The van der Waals surface area contributed by atoms with Crippen molar-refractivity contribution in [1.82, 2.24) is 0 Å². The summed E-state index contributed by atoms with van der Waals surface area (Å²) >= 11 is 5.93. The molecule has 0 saturated carbocycles. The minimum Gasteiger partial charge on any atom is -0.463 e. The molecule has 1 N–H and O–H groups in total. The lowest BCUT2D eigenvalue weighted by Crippen LogP contribution is -2.46. The van der Waals surface area contributed by atoms with Crippen LogP contribution in [0.1, 0.15) is 26.2 Å². The van der Waals surface area contributed by atoms with Crippen molar-refractivity contribution in [2.45, 2.75) is 37.2 Å². The number of halogens is 2. The molecule has 0 radical (unpaired) electrons. The van der Waals surface area contributed by atoms with Crippen molar-refractivity contribution in [2.24, 2.45) is 0 Å². The third-order valence-corrected chi connectivity index (χ3v) is 6.58. The maximum Gasteiger partial charge on any atom is 0.335 e. The summed E-state index contributed by atoms with van der Waals surface area (Å²) in [5.74, 6) is -2.47. The maximum atomic E-state index is 13.2. The number of ether oxygens (including phenoxy) is 3. The molecule has 28 heavy (non-hydrogen) atoms. The van der Waals surface area contributed by atoms with Gasteiger partial charge in [-0.2, -0.15) is 0 Å². The molecule has 0 aromatic heterocycles. The smallest absolute Gasteiger partial charge is 0.335 e. The van der Waals surface area contributed by atoms with Crippen LogP contribution in [0.3, 0.4) is 0 Å². The molecule has 1 aliphatic heterocycles. The minimum absolute atomic E-state index is 0.0247. The highest BCUT2D eigenvalue weighted by molar-refractivity contribution is 7.93. The molecule has 0 amide bonds. The van der Waals surface area contributed by atoms with Gasteiger partial charge in [0, 0.05) is 6.42 Å². The van der Waals surface area contributed by atoms with Crippen molar-refractivity contribution in [1.29, 1.82) is 0 Å². The molecule has 1 atom stereocenters. The fourth-order valence-corrected chi connectivity index (χ4v) is 5.06. The van der Waals surface area contributed by atoms with E-state index in [4.69, 9.17) is 25.8 Å². The van der Waals surface area contributed by atoms with Crippen molar-refractivity contribution in [2.75, 3.05) is 24.5 Å². The monoisotopic (exact) mass is 433 g/mol. The normalized spacial score (nSPS) is 21.8. The van der Waals surface area contributed by atoms with Crippen LogP contribution in [-0.4, -0.2) is 45.2 Å². The SMILES string of the molecule is CCOC(=O)C1=CC2(CCC1S(=O)(=O)Nc1ccc(F)cc1Cl)OCCCO2. The maximum absolute atomic E-state index is 13.2. The van der Waals surface area contributed by atoms with Gasteiger partial charge < -0.3 is 14.2 Å². The van der Waals surface area contributed by atoms with Gasteiger partial charge in [-0.3, -0.25) is 4.72 Å². The van der Waals surface area contributed by atoms with Crippen LogP contribution >= 0.6 is 11.6 Å². The molecule has 1 unspecified atom stereocenters. The lowest BCUT2D eigenvalue weighted by molar-refractivity contribution is -0.242. The van der Waals surface area contributed by atoms with Crippen molar-refractivity contribution >= 4 is 33.3 Å². The Labute approximate surface area is 167 Å². The Bertz CT molecular complexity index is 882. The summed E-state index contributed by atoms with van der Waals surface area (Å²) in [5, 5.41) is -1.27. The summed E-state index contributed by atoms with van der Waals surface area (Å²) in [6.07, 6.45) is 2.47. The number of benzene rings is 1. The second-order valence-corrected chi connectivity index (χ2v) is 8.75. The van der Waals surface area contributed by atoms with Crippen LogP contribution in [-0.2, 0) is 29.0 Å². The minimum atomic E-state index is -4.08. The van der Waals surface area contributed by atoms with Crippen LogP contribution in [0.25, 0.3) is 0 Å². The summed E-state index contributed by atoms with van der Waals surface area (Å²) in [7, 11) is -4.08. The van der Waals surface area contributed by atoms with E-state index in [0.717, 1.165) is 18.6 Å². The molecule has 1 fully saturated rings. The van der Waals surface area contributed by atoms with Gasteiger partial charge in [0.05, 0.1) is 36.1 Å². The lowest BCUT2D eigenvalue weighted by atomic mass is 9.93. The number of nitrogens with one attached hydrogen (secondary N) is 1. The first-order valence-electron chi connectivity index (χ1n) is 8.91. The average Bonchev–Trinajstić information content (AvgIpc) is 2.64. The van der Waals surface area contributed by atoms with Crippen LogP contribution in [0.2, 0.25) is 5.02 Å². The standard InChI is InChI=1S/C18H21ClFNO6S/c1-2-25-17(22)13-11-18(26-8-3-9-27-18)7-6-16(13)28(23,24)21-15-5-4-12(20)10-14(15)19/h4-5,10-11,16,21H,2-3,6-9H2,1H3. The quantitative estimate of drug-likeness (QED) is 0.718. The molecule has 1 spiro atoms. The summed E-state index contributed by atoms with van der Waals surface area (Å²) in [6, 6.07) is 3.31. The van der Waals surface area contributed by atoms with Gasteiger partial charge in [-0.05, 0) is 44.0 Å². The van der Waals surface area contributed by atoms with Crippen LogP contribution in [0.5, 0.6) is 0 Å². The zero-order chi connectivity index (χ0) is 20.4. The Kier molecular flexibility index (Phi) is 6.28. The van der Waals surface area contributed by atoms with Crippen LogP contribution in [0.4, 0.5) is 10.1 Å². The lowest BCUT2D eigenvalue weighted by Gasteiger charge is -2.39. The highest BCUT2D eigenvalue weighted by Gasteiger charge is 2.45. The van der Waals surface area contributed by atoms with Gasteiger partial charge in [0.2, 0.25) is 10.0 Å². The Morgan fingerprint density at radius 2 is 2.11 bits per heavy atom. The van der Waals surface area contributed by atoms with E-state index in [-0.39, 0.29) is 35.7 Å². The molecule has 2 aliphatic rings. The van der Waals surface area contributed by atoms with Gasteiger partial charge in [-0.15, -0.1) is 0 Å². The molecule has 3 rings (SSSR count). The highest BCUT2D eigenvalue weighted by Crippen LogP contribution is 2.37. The zero-order valence-corrected chi connectivity index (χ0v) is 16.8. The average molecular weight is 434 g/mol. The molecular weight excluding hydrogens is 413 g/mol. The van der Waals surface area contributed by atoms with E-state index in [0.29, 0.717) is 13.2 Å². The molecule has 10 heteroatoms. The topological polar surface area (TPSA) is 90.9 Å². The van der Waals surface area contributed by atoms with Gasteiger partial charge in [0.15, 0.2) is 5.79 Å². The van der Waals surface area contributed by atoms with Gasteiger partial charge in [0.25, 0.3) is 0 Å². The second-order valence-electron chi connectivity index (χ2n) is 6.48. The van der Waals surface area contributed by atoms with Gasteiger partial charge >= 0.3 is 5.97 Å². The van der Waals surface area contributed by atoms with E-state index in [2.05, 4.69) is 4.72 Å². The molecule has 1 heterocycles. The zero-order valence-electron chi connectivity index (χ0n) is 15.2. The molecule has 1 aliphatic carbocycles. The Hall–Kier alpha value is -1.68. The molecule has 1 saturated heterocycles. The number of esters is 1. The Balaban J connectivity index is 1.93. The fraction of sp³-hybridized carbons (Fsp3) is 0.500. The van der Waals surface area contributed by atoms with Gasteiger partial charge in [-0.25, -0.2) is 17.6 Å². The van der Waals surface area contributed by atoms with Crippen LogP contribution in [0.15, 0.2) is 29.8 Å². The molecule has 1 aromatic carbocycles. The van der Waals surface area contributed by atoms with Crippen LogP contribution in [0, 0.1) is 5.82 Å². The number of sulfonamides is 1. The first kappa shape index (κ1) is 21.0. The van der Waals surface area contributed by atoms with Crippen molar-refractivity contribution in [3.05, 3.63) is 40.7 Å². The summed E-state index contributed by atoms with van der Waals surface area (Å²) in [4.78, 5) is 12.5. The molecule has 7 nitrogen and oxygen atoms in total. The summed E-state index contributed by atoms with van der Waals surface area (Å²) in [6.45, 7) is 2.63. The fourth-order valence-electron chi connectivity index (χ4n) is 3.23. The molecule has 154 valence electrons. The summed E-state index contributed by atoms with van der Waals surface area (Å²) < 4.78 is 58.0. The van der Waals surface area contributed by atoms with Crippen LogP contribution < -0.4 is 4.72 Å². The van der Waals surface area contributed by atoms with E-state index in [9.17, 15) is 17.6 Å². The van der Waals surface area contributed by atoms with E-state index in [1.165, 1.54) is 12.1 Å². The Morgan fingerprint density at radius 1 is 1.39 bits per heavy atom.